The second kappa shape index (κ2) is 4.26. The van der Waals surface area contributed by atoms with Gasteiger partial charge in [-0.1, -0.05) is 0 Å². The molecule has 0 unspecified atom stereocenters. The van der Waals surface area contributed by atoms with Gasteiger partial charge in [0.25, 0.3) is 0 Å². The van der Waals surface area contributed by atoms with Gasteiger partial charge in [0.15, 0.2) is 7.37 Å². The summed E-state index contributed by atoms with van der Waals surface area (Å²) >= 11 is 0. The van der Waals surface area contributed by atoms with Crippen LogP contribution in [0.3, 0.4) is 0 Å². The lowest BCUT2D eigenvalue weighted by atomic mass is 9.89. The van der Waals surface area contributed by atoms with Gasteiger partial charge in [-0.05, 0) is 25.7 Å². The zero-order chi connectivity index (χ0) is 9.90. The molecule has 0 aromatic rings. The molecule has 0 aromatic carbocycles. The fourth-order valence-electron chi connectivity index (χ4n) is 1.66. The Bertz CT molecular complexity index is 245. The second-order valence-electron chi connectivity index (χ2n) is 3.96. The summed E-state index contributed by atoms with van der Waals surface area (Å²) in [6.45, 7) is 3.28. The fourth-order valence-corrected chi connectivity index (χ4v) is 2.59. The predicted molar refractivity (Wildman–Crippen MR) is 51.9 cm³/mol. The van der Waals surface area contributed by atoms with E-state index in [9.17, 15) is 4.57 Å². The van der Waals surface area contributed by atoms with Crippen LogP contribution in [0.4, 0.5) is 0 Å². The lowest BCUT2D eigenvalue weighted by Gasteiger charge is -2.26. The smallest absolute Gasteiger partial charge is 0.197 e. The van der Waals surface area contributed by atoms with Gasteiger partial charge in [0.1, 0.15) is 0 Å². The summed E-state index contributed by atoms with van der Waals surface area (Å²) in [6.07, 6.45) is 3.65. The Kier molecular flexibility index (Phi) is 3.53. The van der Waals surface area contributed by atoms with Gasteiger partial charge < -0.3 is 4.52 Å². The van der Waals surface area contributed by atoms with E-state index in [0.29, 0.717) is 0 Å². The minimum absolute atomic E-state index is 0.116. The van der Waals surface area contributed by atoms with Crippen molar-refractivity contribution in [3.8, 4) is 6.07 Å². The van der Waals surface area contributed by atoms with Crippen LogP contribution >= 0.6 is 7.37 Å². The quantitative estimate of drug-likeness (QED) is 0.645. The van der Waals surface area contributed by atoms with Crippen molar-refractivity contribution in [3.05, 3.63) is 0 Å². The predicted octanol–water partition coefficient (Wildman–Crippen LogP) is 2.62. The number of hydrogen-bond donors (Lipinski definition) is 0. The minimum Gasteiger partial charge on any atom is -0.325 e. The van der Waals surface area contributed by atoms with Gasteiger partial charge in [0.2, 0.25) is 0 Å². The molecular weight excluding hydrogens is 185 g/mol. The molecule has 13 heavy (non-hydrogen) atoms. The number of rotatable bonds is 2. The molecule has 1 aliphatic rings. The number of hydrogen-bond acceptors (Lipinski definition) is 3. The van der Waals surface area contributed by atoms with E-state index < -0.39 is 7.37 Å². The second-order valence-corrected chi connectivity index (χ2v) is 6.68. The van der Waals surface area contributed by atoms with Gasteiger partial charge in [0, 0.05) is 19.2 Å². The van der Waals surface area contributed by atoms with E-state index in [0.717, 1.165) is 25.7 Å². The maximum absolute atomic E-state index is 11.3. The van der Waals surface area contributed by atoms with Crippen molar-refractivity contribution in [2.45, 2.75) is 31.8 Å². The standard InChI is InChI=1S/C9H16NO2P/c1-13(2,11)12-9-5-3-8(7-10)4-6-9/h8-9H,3-6H2,1-2H3. The van der Waals surface area contributed by atoms with Crippen molar-refractivity contribution in [1.82, 2.24) is 0 Å². The maximum Gasteiger partial charge on any atom is 0.197 e. The fraction of sp³-hybridized carbons (Fsp3) is 0.889. The van der Waals surface area contributed by atoms with Crippen LogP contribution in [0.25, 0.3) is 0 Å². The minimum atomic E-state index is -2.35. The molecule has 4 heteroatoms. The Morgan fingerprint density at radius 1 is 1.31 bits per heavy atom. The van der Waals surface area contributed by atoms with Crippen LogP contribution < -0.4 is 0 Å². The Balaban J connectivity index is 2.34. The summed E-state index contributed by atoms with van der Waals surface area (Å²) < 4.78 is 16.8. The van der Waals surface area contributed by atoms with Gasteiger partial charge in [-0.3, -0.25) is 4.57 Å². The third-order valence-corrected chi connectivity index (χ3v) is 3.07. The highest BCUT2D eigenvalue weighted by molar-refractivity contribution is 7.57. The van der Waals surface area contributed by atoms with E-state index in [1.54, 1.807) is 13.3 Å². The molecule has 1 aliphatic carbocycles. The van der Waals surface area contributed by atoms with Gasteiger partial charge >= 0.3 is 0 Å². The highest BCUT2D eigenvalue weighted by Crippen LogP contribution is 2.42. The van der Waals surface area contributed by atoms with Crippen molar-refractivity contribution in [2.24, 2.45) is 5.92 Å². The monoisotopic (exact) mass is 201 g/mol. The first-order chi connectivity index (χ1) is 6.01. The SMILES string of the molecule is CP(C)(=O)OC1CCC(C#N)CC1. The van der Waals surface area contributed by atoms with Crippen LogP contribution in [0.1, 0.15) is 25.7 Å². The van der Waals surface area contributed by atoms with E-state index in [-0.39, 0.29) is 12.0 Å². The van der Waals surface area contributed by atoms with Gasteiger partial charge in [0.05, 0.1) is 12.2 Å². The van der Waals surface area contributed by atoms with Gasteiger partial charge in [-0.2, -0.15) is 5.26 Å². The molecule has 74 valence electrons. The van der Waals surface area contributed by atoms with Gasteiger partial charge in [-0.25, -0.2) is 0 Å². The maximum atomic E-state index is 11.3. The molecule has 1 fully saturated rings. The molecule has 0 bridgehead atoms. The summed E-state index contributed by atoms with van der Waals surface area (Å²) in [6, 6.07) is 2.26. The molecule has 0 aromatic heterocycles. The van der Waals surface area contributed by atoms with Crippen LogP contribution in [0.2, 0.25) is 0 Å². The molecule has 0 amide bonds. The lowest BCUT2D eigenvalue weighted by molar-refractivity contribution is 0.148. The van der Waals surface area contributed by atoms with E-state index in [4.69, 9.17) is 9.79 Å². The number of nitrogens with zero attached hydrogens (tertiary/aromatic N) is 1. The molecular formula is C9H16NO2P. The Hall–Kier alpha value is -0.320. The molecule has 1 rings (SSSR count). The molecule has 0 N–H and O–H groups in total. The summed E-state index contributed by atoms with van der Waals surface area (Å²) in [5.74, 6) is 0.188. The van der Waals surface area contributed by atoms with E-state index in [2.05, 4.69) is 6.07 Å². The zero-order valence-electron chi connectivity index (χ0n) is 8.19. The molecule has 0 heterocycles. The molecule has 0 aliphatic heterocycles. The summed E-state index contributed by atoms with van der Waals surface area (Å²) in [7, 11) is -2.35. The van der Waals surface area contributed by atoms with E-state index in [1.165, 1.54) is 0 Å². The van der Waals surface area contributed by atoms with Crippen molar-refractivity contribution < 1.29 is 9.09 Å². The van der Waals surface area contributed by atoms with Crippen molar-refractivity contribution >= 4 is 7.37 Å². The Labute approximate surface area is 79.5 Å². The molecule has 0 spiro atoms. The highest BCUT2D eigenvalue weighted by Gasteiger charge is 2.24. The van der Waals surface area contributed by atoms with Crippen LogP contribution in [0.15, 0.2) is 0 Å². The number of nitriles is 1. The van der Waals surface area contributed by atoms with Crippen LogP contribution in [0, 0.1) is 17.2 Å². The molecule has 0 atom stereocenters. The first-order valence-corrected chi connectivity index (χ1v) is 7.16. The summed E-state index contributed by atoms with van der Waals surface area (Å²) in [5.41, 5.74) is 0. The molecule has 0 saturated heterocycles. The first kappa shape index (κ1) is 10.8. The van der Waals surface area contributed by atoms with Crippen LogP contribution in [-0.4, -0.2) is 19.4 Å². The van der Waals surface area contributed by atoms with Crippen LogP contribution in [-0.2, 0) is 9.09 Å². The van der Waals surface area contributed by atoms with Crippen molar-refractivity contribution in [3.63, 3.8) is 0 Å². The third kappa shape index (κ3) is 3.93. The zero-order valence-corrected chi connectivity index (χ0v) is 9.09. The average Bonchev–Trinajstić information content (AvgIpc) is 2.03. The third-order valence-electron chi connectivity index (χ3n) is 2.26. The summed E-state index contributed by atoms with van der Waals surface area (Å²) in [5, 5.41) is 8.66. The topological polar surface area (TPSA) is 50.1 Å². The largest absolute Gasteiger partial charge is 0.325 e. The van der Waals surface area contributed by atoms with Crippen molar-refractivity contribution in [1.29, 1.82) is 5.26 Å². The van der Waals surface area contributed by atoms with Crippen molar-refractivity contribution in [2.75, 3.05) is 13.3 Å². The highest BCUT2D eigenvalue weighted by atomic mass is 31.2. The molecule has 0 radical (unpaired) electrons. The van der Waals surface area contributed by atoms with E-state index >= 15 is 0 Å². The Morgan fingerprint density at radius 2 is 1.85 bits per heavy atom. The Morgan fingerprint density at radius 3 is 2.23 bits per heavy atom. The molecule has 3 nitrogen and oxygen atoms in total. The molecule has 1 saturated carbocycles. The normalized spacial score (nSPS) is 29.6. The van der Waals surface area contributed by atoms with Crippen LogP contribution in [0.5, 0.6) is 0 Å². The first-order valence-electron chi connectivity index (χ1n) is 4.64. The summed E-state index contributed by atoms with van der Waals surface area (Å²) in [4.78, 5) is 0. The van der Waals surface area contributed by atoms with E-state index in [1.807, 2.05) is 0 Å². The van der Waals surface area contributed by atoms with Gasteiger partial charge in [-0.15, -0.1) is 0 Å². The average molecular weight is 201 g/mol. The lowest BCUT2D eigenvalue weighted by Crippen LogP contribution is -2.19.